The Morgan fingerprint density at radius 3 is 2.70 bits per heavy atom. The zero-order valence-electron chi connectivity index (χ0n) is 6.18. The molecule has 2 fully saturated rings. The summed E-state index contributed by atoms with van der Waals surface area (Å²) in [5, 5.41) is 9.59. The van der Waals surface area contributed by atoms with Gasteiger partial charge in [-0.2, -0.15) is 0 Å². The standard InChI is InChI=1S/C8H13BrO/c1-8(9)4-6-2-5(6)3-7(8)10/h5-7,10H,2-4H2,1H3/t5-,6+,7-,8-/m1/s1. The monoisotopic (exact) mass is 204 g/mol. The van der Waals surface area contributed by atoms with Gasteiger partial charge in [0.1, 0.15) is 0 Å². The van der Waals surface area contributed by atoms with E-state index in [1.165, 1.54) is 12.8 Å². The number of alkyl halides is 1. The molecular weight excluding hydrogens is 192 g/mol. The maximum Gasteiger partial charge on any atom is 0.0693 e. The van der Waals surface area contributed by atoms with Crippen LogP contribution in [0.4, 0.5) is 0 Å². The maximum atomic E-state index is 9.59. The predicted octanol–water partition coefficient (Wildman–Crippen LogP) is 1.93. The number of hydrogen-bond donors (Lipinski definition) is 1. The van der Waals surface area contributed by atoms with Crippen LogP contribution in [0.1, 0.15) is 26.2 Å². The molecule has 0 amide bonds. The molecule has 0 spiro atoms. The van der Waals surface area contributed by atoms with Crippen LogP contribution in [0.15, 0.2) is 0 Å². The van der Waals surface area contributed by atoms with Gasteiger partial charge in [0, 0.05) is 4.32 Å². The highest BCUT2D eigenvalue weighted by atomic mass is 79.9. The minimum Gasteiger partial charge on any atom is -0.392 e. The summed E-state index contributed by atoms with van der Waals surface area (Å²) < 4.78 is 0.0185. The second kappa shape index (κ2) is 1.98. The topological polar surface area (TPSA) is 20.2 Å². The smallest absolute Gasteiger partial charge is 0.0693 e. The third kappa shape index (κ3) is 1.02. The molecule has 0 bridgehead atoms. The van der Waals surface area contributed by atoms with Crippen molar-refractivity contribution < 1.29 is 5.11 Å². The van der Waals surface area contributed by atoms with E-state index in [1.54, 1.807) is 0 Å². The Morgan fingerprint density at radius 2 is 2.10 bits per heavy atom. The van der Waals surface area contributed by atoms with Crippen molar-refractivity contribution in [3.8, 4) is 0 Å². The zero-order valence-corrected chi connectivity index (χ0v) is 7.76. The normalized spacial score (nSPS) is 59.7. The summed E-state index contributed by atoms with van der Waals surface area (Å²) in [6.45, 7) is 2.10. The minimum absolute atomic E-state index is 0.0185. The van der Waals surface area contributed by atoms with Gasteiger partial charge < -0.3 is 5.11 Å². The third-order valence-electron chi connectivity index (χ3n) is 2.95. The number of rotatable bonds is 0. The van der Waals surface area contributed by atoms with Gasteiger partial charge in [0.2, 0.25) is 0 Å². The van der Waals surface area contributed by atoms with Gasteiger partial charge in [0.15, 0.2) is 0 Å². The molecular formula is C8H13BrO. The summed E-state index contributed by atoms with van der Waals surface area (Å²) in [5.74, 6) is 1.79. The van der Waals surface area contributed by atoms with Crippen LogP contribution in [-0.4, -0.2) is 15.5 Å². The van der Waals surface area contributed by atoms with Crippen LogP contribution < -0.4 is 0 Å². The van der Waals surface area contributed by atoms with E-state index in [1.807, 2.05) is 0 Å². The fourth-order valence-electron chi connectivity index (χ4n) is 2.03. The van der Waals surface area contributed by atoms with E-state index in [9.17, 15) is 5.11 Å². The van der Waals surface area contributed by atoms with E-state index < -0.39 is 0 Å². The van der Waals surface area contributed by atoms with Gasteiger partial charge in [0.25, 0.3) is 0 Å². The number of halogens is 1. The SMILES string of the molecule is C[C@@]1(Br)C[C@@H]2C[C@@H]2C[C@H]1O. The first-order chi connectivity index (χ1) is 4.59. The van der Waals surface area contributed by atoms with Crippen LogP contribution in [0.3, 0.4) is 0 Å². The fraction of sp³-hybridized carbons (Fsp3) is 1.00. The van der Waals surface area contributed by atoms with Crippen molar-refractivity contribution in [3.63, 3.8) is 0 Å². The van der Waals surface area contributed by atoms with Crippen molar-refractivity contribution in [2.75, 3.05) is 0 Å². The van der Waals surface area contributed by atoms with E-state index in [4.69, 9.17) is 0 Å². The van der Waals surface area contributed by atoms with Gasteiger partial charge in [-0.1, -0.05) is 15.9 Å². The lowest BCUT2D eigenvalue weighted by molar-refractivity contribution is 0.0966. The molecule has 0 unspecified atom stereocenters. The molecule has 2 heteroatoms. The Hall–Kier alpha value is 0.440. The maximum absolute atomic E-state index is 9.59. The number of aliphatic hydroxyl groups excluding tert-OH is 1. The van der Waals surface area contributed by atoms with Crippen LogP contribution >= 0.6 is 15.9 Å². The molecule has 1 nitrogen and oxygen atoms in total. The average Bonchev–Trinajstić information content (AvgIpc) is 2.44. The lowest BCUT2D eigenvalue weighted by atomic mass is 9.88. The third-order valence-corrected chi connectivity index (χ3v) is 3.80. The van der Waals surface area contributed by atoms with Crippen molar-refractivity contribution in [1.29, 1.82) is 0 Å². The Labute approximate surface area is 69.9 Å². The van der Waals surface area contributed by atoms with E-state index in [-0.39, 0.29) is 10.4 Å². The summed E-state index contributed by atoms with van der Waals surface area (Å²) >= 11 is 3.57. The Balaban J connectivity index is 2.08. The van der Waals surface area contributed by atoms with Crippen LogP contribution in [0.25, 0.3) is 0 Å². The van der Waals surface area contributed by atoms with Crippen LogP contribution in [-0.2, 0) is 0 Å². The molecule has 0 aliphatic heterocycles. The summed E-state index contributed by atoms with van der Waals surface area (Å²) in [6, 6.07) is 0. The highest BCUT2D eigenvalue weighted by molar-refractivity contribution is 9.10. The van der Waals surface area contributed by atoms with E-state index >= 15 is 0 Å². The quantitative estimate of drug-likeness (QED) is 0.599. The summed E-state index contributed by atoms with van der Waals surface area (Å²) in [7, 11) is 0. The molecule has 4 atom stereocenters. The summed E-state index contributed by atoms with van der Waals surface area (Å²) in [6.07, 6.45) is 3.43. The first kappa shape index (κ1) is 7.11. The number of hydrogen-bond acceptors (Lipinski definition) is 1. The molecule has 0 aromatic rings. The molecule has 2 rings (SSSR count). The van der Waals surface area contributed by atoms with Crippen LogP contribution in [0.2, 0.25) is 0 Å². The van der Waals surface area contributed by atoms with Crippen molar-refractivity contribution in [2.45, 2.75) is 36.6 Å². The highest BCUT2D eigenvalue weighted by Gasteiger charge is 2.50. The van der Waals surface area contributed by atoms with Crippen molar-refractivity contribution in [3.05, 3.63) is 0 Å². The molecule has 2 aliphatic carbocycles. The molecule has 0 aromatic heterocycles. The Bertz CT molecular complexity index is 155. The predicted molar refractivity (Wildman–Crippen MR) is 44.2 cm³/mol. The van der Waals surface area contributed by atoms with Gasteiger partial charge in [-0.25, -0.2) is 0 Å². The largest absolute Gasteiger partial charge is 0.392 e. The van der Waals surface area contributed by atoms with E-state index in [0.717, 1.165) is 18.3 Å². The Morgan fingerprint density at radius 1 is 1.40 bits per heavy atom. The molecule has 1 N–H and O–H groups in total. The van der Waals surface area contributed by atoms with Crippen molar-refractivity contribution in [2.24, 2.45) is 11.8 Å². The zero-order chi connectivity index (χ0) is 7.35. The number of fused-ring (bicyclic) bond motifs is 1. The molecule has 10 heavy (non-hydrogen) atoms. The Kier molecular flexibility index (Phi) is 1.41. The average molecular weight is 205 g/mol. The van der Waals surface area contributed by atoms with Crippen LogP contribution in [0, 0.1) is 11.8 Å². The molecule has 2 aliphatic rings. The van der Waals surface area contributed by atoms with Gasteiger partial charge >= 0.3 is 0 Å². The van der Waals surface area contributed by atoms with Gasteiger partial charge in [-0.15, -0.1) is 0 Å². The molecule has 0 saturated heterocycles. The molecule has 0 radical (unpaired) electrons. The van der Waals surface area contributed by atoms with E-state index in [0.29, 0.717) is 0 Å². The van der Waals surface area contributed by atoms with Gasteiger partial charge in [0.05, 0.1) is 6.10 Å². The molecule has 58 valence electrons. The minimum atomic E-state index is -0.115. The van der Waals surface area contributed by atoms with Crippen molar-refractivity contribution >= 4 is 15.9 Å². The van der Waals surface area contributed by atoms with Gasteiger partial charge in [-0.3, -0.25) is 0 Å². The summed E-state index contributed by atoms with van der Waals surface area (Å²) in [5.41, 5.74) is 0. The highest BCUT2D eigenvalue weighted by Crippen LogP contribution is 2.55. The van der Waals surface area contributed by atoms with E-state index in [2.05, 4.69) is 22.9 Å². The lowest BCUT2D eigenvalue weighted by Crippen LogP contribution is -2.37. The first-order valence-electron chi connectivity index (χ1n) is 3.96. The first-order valence-corrected chi connectivity index (χ1v) is 4.76. The van der Waals surface area contributed by atoms with Crippen LogP contribution in [0.5, 0.6) is 0 Å². The molecule has 0 aromatic carbocycles. The second-order valence-electron chi connectivity index (χ2n) is 3.99. The molecule has 0 heterocycles. The second-order valence-corrected chi connectivity index (χ2v) is 5.80. The molecule has 2 saturated carbocycles. The number of aliphatic hydroxyl groups is 1. The fourth-order valence-corrected chi connectivity index (χ4v) is 2.63. The van der Waals surface area contributed by atoms with Crippen molar-refractivity contribution in [1.82, 2.24) is 0 Å². The summed E-state index contributed by atoms with van der Waals surface area (Å²) in [4.78, 5) is 0. The lowest BCUT2D eigenvalue weighted by Gasteiger charge is -2.32. The van der Waals surface area contributed by atoms with Gasteiger partial charge in [-0.05, 0) is 38.0 Å².